The summed E-state index contributed by atoms with van der Waals surface area (Å²) < 4.78 is 7.40. The van der Waals surface area contributed by atoms with Crippen molar-refractivity contribution in [2.75, 3.05) is 26.7 Å². The maximum atomic E-state index is 13.4. The minimum absolute atomic E-state index is 0.0325. The number of hydrogen-bond acceptors (Lipinski definition) is 5. The van der Waals surface area contributed by atoms with Crippen LogP contribution in [0.5, 0.6) is 5.75 Å². The van der Waals surface area contributed by atoms with Crippen LogP contribution in [0.2, 0.25) is 0 Å². The van der Waals surface area contributed by atoms with E-state index in [4.69, 9.17) is 9.84 Å². The summed E-state index contributed by atoms with van der Waals surface area (Å²) in [7, 11) is 1.67. The number of rotatable bonds is 5. The van der Waals surface area contributed by atoms with Gasteiger partial charge < -0.3 is 14.7 Å². The topological polar surface area (TPSA) is 70.8 Å². The molecule has 1 amide bonds. The van der Waals surface area contributed by atoms with Crippen LogP contribution in [-0.4, -0.2) is 69.5 Å². The summed E-state index contributed by atoms with van der Waals surface area (Å²) in [6.07, 6.45) is 5.91. The highest BCUT2D eigenvalue weighted by molar-refractivity contribution is 5.94. The molecule has 3 heterocycles. The molecule has 1 aromatic carbocycles. The van der Waals surface area contributed by atoms with E-state index in [9.17, 15) is 9.90 Å². The predicted molar refractivity (Wildman–Crippen MR) is 117 cm³/mol. The summed E-state index contributed by atoms with van der Waals surface area (Å²) in [5.41, 5.74) is 3.96. The highest BCUT2D eigenvalue weighted by Crippen LogP contribution is 2.32. The molecular weight excluding hydrogens is 392 g/mol. The Labute approximate surface area is 183 Å². The number of carbonyl (C=O) groups is 1. The average Bonchev–Trinajstić information content (AvgIpc) is 3.10. The predicted octanol–water partition coefficient (Wildman–Crippen LogP) is 2.45. The number of methoxy groups -OCH3 is 1. The van der Waals surface area contributed by atoms with Gasteiger partial charge in [-0.25, -0.2) is 0 Å². The lowest BCUT2D eigenvalue weighted by molar-refractivity contribution is 0.0464. The number of amides is 1. The minimum Gasteiger partial charge on any atom is -0.497 e. The van der Waals surface area contributed by atoms with Crippen molar-refractivity contribution in [2.24, 2.45) is 0 Å². The molecule has 31 heavy (non-hydrogen) atoms. The zero-order chi connectivity index (χ0) is 21.4. The van der Waals surface area contributed by atoms with Crippen LogP contribution in [0.25, 0.3) is 0 Å². The molecule has 1 aromatic heterocycles. The van der Waals surface area contributed by atoms with Crippen LogP contribution >= 0.6 is 0 Å². The first kappa shape index (κ1) is 20.5. The van der Waals surface area contributed by atoms with E-state index in [1.54, 1.807) is 12.0 Å². The first-order chi connectivity index (χ1) is 15.1. The number of piperidine rings is 1. The second-order valence-electron chi connectivity index (χ2n) is 9.14. The zero-order valence-corrected chi connectivity index (χ0v) is 18.3. The van der Waals surface area contributed by atoms with Gasteiger partial charge >= 0.3 is 0 Å². The third kappa shape index (κ3) is 4.08. The van der Waals surface area contributed by atoms with Gasteiger partial charge in [0.1, 0.15) is 5.75 Å². The van der Waals surface area contributed by atoms with Crippen molar-refractivity contribution in [1.29, 1.82) is 0 Å². The quantitative estimate of drug-likeness (QED) is 0.798. The zero-order valence-electron chi connectivity index (χ0n) is 18.3. The second kappa shape index (κ2) is 8.63. The molecule has 1 aliphatic carbocycles. The lowest BCUT2D eigenvalue weighted by Gasteiger charge is -2.40. The fraction of sp³-hybridized carbons (Fsp3) is 0.583. The standard InChI is InChI=1S/C24H32N4O3/c1-31-20-9-2-5-17(13-20)14-28-22-10-12-26(18-6-3-7-18)16-21(22)23(25-28)24(30)27-11-4-8-19(29)15-27/h2,5,9,13,18-19,29H,3-4,6-8,10-12,14-16H2,1H3. The van der Waals surface area contributed by atoms with Gasteiger partial charge in [-0.15, -0.1) is 0 Å². The summed E-state index contributed by atoms with van der Waals surface area (Å²) in [5.74, 6) is 0.795. The molecule has 1 unspecified atom stereocenters. The number of ether oxygens (including phenoxy) is 1. The van der Waals surface area contributed by atoms with Gasteiger partial charge in [-0.05, 0) is 43.4 Å². The Bertz CT molecular complexity index is 952. The van der Waals surface area contributed by atoms with Gasteiger partial charge in [0.2, 0.25) is 0 Å². The van der Waals surface area contributed by atoms with Crippen LogP contribution in [-0.2, 0) is 19.5 Å². The highest BCUT2D eigenvalue weighted by atomic mass is 16.5. The molecule has 0 bridgehead atoms. The van der Waals surface area contributed by atoms with E-state index in [1.165, 1.54) is 25.0 Å². The van der Waals surface area contributed by atoms with Crippen molar-refractivity contribution >= 4 is 5.91 Å². The van der Waals surface area contributed by atoms with Gasteiger partial charge in [-0.1, -0.05) is 18.6 Å². The summed E-state index contributed by atoms with van der Waals surface area (Å²) in [5, 5.41) is 14.9. The van der Waals surface area contributed by atoms with E-state index in [1.807, 2.05) is 22.9 Å². The number of nitrogens with zero attached hydrogens (tertiary/aromatic N) is 4. The normalized spacial score (nSPS) is 22.1. The van der Waals surface area contributed by atoms with E-state index in [0.717, 1.165) is 49.2 Å². The van der Waals surface area contributed by atoms with Crippen LogP contribution in [0.3, 0.4) is 0 Å². The van der Waals surface area contributed by atoms with Gasteiger partial charge in [0, 0.05) is 49.9 Å². The van der Waals surface area contributed by atoms with Crippen molar-refractivity contribution in [1.82, 2.24) is 19.6 Å². The number of fused-ring (bicyclic) bond motifs is 1. The summed E-state index contributed by atoms with van der Waals surface area (Å²) in [6.45, 7) is 3.55. The molecule has 2 aliphatic heterocycles. The van der Waals surface area contributed by atoms with Gasteiger partial charge in [-0.2, -0.15) is 5.10 Å². The molecule has 3 aliphatic rings. The van der Waals surface area contributed by atoms with Crippen LogP contribution in [0, 0.1) is 0 Å². The third-order valence-corrected chi connectivity index (χ3v) is 7.11. The Morgan fingerprint density at radius 3 is 2.84 bits per heavy atom. The van der Waals surface area contributed by atoms with E-state index >= 15 is 0 Å². The Morgan fingerprint density at radius 2 is 2.10 bits per heavy atom. The van der Waals surface area contributed by atoms with E-state index in [0.29, 0.717) is 31.4 Å². The van der Waals surface area contributed by atoms with Gasteiger partial charge in [0.05, 0.1) is 19.8 Å². The maximum Gasteiger partial charge on any atom is 0.274 e. The Hall–Kier alpha value is -2.38. The van der Waals surface area contributed by atoms with E-state index < -0.39 is 6.10 Å². The first-order valence-corrected chi connectivity index (χ1v) is 11.5. The van der Waals surface area contributed by atoms with Crippen molar-refractivity contribution in [2.45, 2.75) is 63.8 Å². The number of aliphatic hydroxyl groups is 1. The van der Waals surface area contributed by atoms with Crippen molar-refractivity contribution < 1.29 is 14.6 Å². The Balaban J connectivity index is 1.46. The van der Waals surface area contributed by atoms with E-state index in [2.05, 4.69) is 11.0 Å². The molecule has 1 saturated heterocycles. The molecule has 0 radical (unpaired) electrons. The van der Waals surface area contributed by atoms with E-state index in [-0.39, 0.29) is 5.91 Å². The molecule has 2 fully saturated rings. The molecule has 5 rings (SSSR count). The number of aromatic nitrogens is 2. The number of aliphatic hydroxyl groups excluding tert-OH is 1. The molecule has 1 saturated carbocycles. The largest absolute Gasteiger partial charge is 0.497 e. The number of benzene rings is 1. The van der Waals surface area contributed by atoms with Gasteiger partial charge in [-0.3, -0.25) is 14.4 Å². The van der Waals surface area contributed by atoms with Crippen LogP contribution in [0.1, 0.15) is 59.4 Å². The number of carbonyl (C=O) groups excluding carboxylic acids is 1. The average molecular weight is 425 g/mol. The van der Waals surface area contributed by atoms with Crippen LogP contribution < -0.4 is 4.74 Å². The summed E-state index contributed by atoms with van der Waals surface area (Å²) in [6, 6.07) is 8.68. The fourth-order valence-corrected chi connectivity index (χ4v) is 5.11. The second-order valence-corrected chi connectivity index (χ2v) is 9.14. The fourth-order valence-electron chi connectivity index (χ4n) is 5.11. The molecule has 7 heteroatoms. The number of hydrogen-bond donors (Lipinski definition) is 1. The lowest BCUT2D eigenvalue weighted by Crippen LogP contribution is -2.45. The number of likely N-dealkylation sites (tertiary alicyclic amines) is 1. The van der Waals surface area contributed by atoms with Gasteiger partial charge in [0.25, 0.3) is 5.91 Å². The van der Waals surface area contributed by atoms with Crippen LogP contribution in [0.15, 0.2) is 24.3 Å². The SMILES string of the molecule is COc1cccc(Cn2nc(C(=O)N3CCCC(O)C3)c3c2CCN(C2CCC2)C3)c1. The maximum absolute atomic E-state index is 13.4. The Kier molecular flexibility index (Phi) is 5.71. The summed E-state index contributed by atoms with van der Waals surface area (Å²) >= 11 is 0. The first-order valence-electron chi connectivity index (χ1n) is 11.5. The van der Waals surface area contributed by atoms with Crippen molar-refractivity contribution in [3.05, 3.63) is 46.8 Å². The van der Waals surface area contributed by atoms with Crippen molar-refractivity contribution in [3.63, 3.8) is 0 Å². The monoisotopic (exact) mass is 424 g/mol. The Morgan fingerprint density at radius 1 is 1.23 bits per heavy atom. The molecule has 7 nitrogen and oxygen atoms in total. The third-order valence-electron chi connectivity index (χ3n) is 7.11. The minimum atomic E-state index is -0.432. The molecular formula is C24H32N4O3. The number of β-amino-alcohol motifs (C(OH)–C–C–N with tert-alkyl or cyclic N) is 1. The van der Waals surface area contributed by atoms with Crippen molar-refractivity contribution in [3.8, 4) is 5.75 Å². The molecule has 166 valence electrons. The lowest BCUT2D eigenvalue weighted by atomic mass is 9.89. The highest BCUT2D eigenvalue weighted by Gasteiger charge is 2.35. The smallest absolute Gasteiger partial charge is 0.274 e. The molecule has 2 aromatic rings. The summed E-state index contributed by atoms with van der Waals surface area (Å²) in [4.78, 5) is 17.8. The van der Waals surface area contributed by atoms with Crippen LogP contribution in [0.4, 0.5) is 0 Å². The molecule has 0 spiro atoms. The van der Waals surface area contributed by atoms with Gasteiger partial charge in [0.15, 0.2) is 5.69 Å². The molecule has 1 atom stereocenters. The molecule has 1 N–H and O–H groups in total.